The fourth-order valence-corrected chi connectivity index (χ4v) is 4.19. The maximum absolute atomic E-state index is 13.1. The monoisotopic (exact) mass is 439 g/mol. The minimum atomic E-state index is -0.170. The van der Waals surface area contributed by atoms with Crippen molar-refractivity contribution in [3.05, 3.63) is 48.5 Å². The Morgan fingerprint density at radius 3 is 2.75 bits per heavy atom. The molecule has 0 bridgehead atoms. The summed E-state index contributed by atoms with van der Waals surface area (Å²) in [6, 6.07) is 6.98. The minimum Gasteiger partial charge on any atom is -0.378 e. The molecule has 1 N–H and O–H groups in total. The minimum absolute atomic E-state index is 0.112. The Kier molecular flexibility index (Phi) is 7.16. The molecule has 3 amide bonds. The average molecular weight is 440 g/mol. The fourth-order valence-electron chi connectivity index (χ4n) is 4.19. The quantitative estimate of drug-likeness (QED) is 0.738. The lowest BCUT2D eigenvalue weighted by molar-refractivity contribution is -0.141. The number of anilines is 1. The van der Waals surface area contributed by atoms with Gasteiger partial charge in [-0.15, -0.1) is 0 Å². The molecule has 4 rings (SSSR count). The van der Waals surface area contributed by atoms with Gasteiger partial charge in [-0.05, 0) is 31.0 Å². The average Bonchev–Trinajstić information content (AvgIpc) is 3.36. The molecule has 0 radical (unpaired) electrons. The van der Waals surface area contributed by atoms with Crippen molar-refractivity contribution in [1.29, 1.82) is 0 Å². The molecule has 2 saturated heterocycles. The zero-order valence-corrected chi connectivity index (χ0v) is 18.1. The van der Waals surface area contributed by atoms with E-state index in [1.165, 1.54) is 0 Å². The van der Waals surface area contributed by atoms with Crippen molar-refractivity contribution >= 4 is 23.4 Å². The van der Waals surface area contributed by atoms with Gasteiger partial charge in [0.05, 0.1) is 25.5 Å². The van der Waals surface area contributed by atoms with Crippen LogP contribution in [0.5, 0.6) is 0 Å². The molecule has 0 aliphatic carbocycles. The zero-order chi connectivity index (χ0) is 22.3. The predicted octanol–water partition coefficient (Wildman–Crippen LogP) is 1.62. The third kappa shape index (κ3) is 5.53. The van der Waals surface area contributed by atoms with E-state index in [0.717, 1.165) is 12.8 Å². The summed E-state index contributed by atoms with van der Waals surface area (Å²) in [5.41, 5.74) is 1.10. The topological polar surface area (TPSA) is 96.8 Å². The summed E-state index contributed by atoms with van der Waals surface area (Å²) in [6.45, 7) is 3.97. The van der Waals surface area contributed by atoms with Crippen LogP contribution in [-0.4, -0.2) is 76.5 Å². The molecule has 9 heteroatoms. The first-order valence-corrected chi connectivity index (χ1v) is 11.1. The van der Waals surface area contributed by atoms with Gasteiger partial charge in [-0.25, -0.2) is 4.98 Å². The van der Waals surface area contributed by atoms with Crippen molar-refractivity contribution in [3.63, 3.8) is 0 Å². The number of ether oxygens (including phenoxy) is 1. The number of rotatable bonds is 6. The van der Waals surface area contributed by atoms with Crippen LogP contribution in [0.4, 0.5) is 5.69 Å². The number of hydrogen-bond donors (Lipinski definition) is 1. The Bertz CT molecular complexity index is 940. The van der Waals surface area contributed by atoms with Crippen molar-refractivity contribution in [3.8, 4) is 0 Å². The first-order valence-electron chi connectivity index (χ1n) is 11.1. The number of benzene rings is 1. The van der Waals surface area contributed by atoms with Crippen LogP contribution in [0, 0.1) is 5.92 Å². The van der Waals surface area contributed by atoms with E-state index in [1.807, 2.05) is 15.7 Å². The van der Waals surface area contributed by atoms with E-state index in [1.54, 1.807) is 41.7 Å². The van der Waals surface area contributed by atoms with E-state index in [0.29, 0.717) is 63.6 Å². The highest BCUT2D eigenvalue weighted by molar-refractivity contribution is 5.97. The molecule has 0 spiro atoms. The number of likely N-dealkylation sites (tertiary alicyclic amines) is 1. The largest absolute Gasteiger partial charge is 0.378 e. The molecule has 1 atom stereocenters. The number of piperidine rings is 1. The Morgan fingerprint density at radius 1 is 1.12 bits per heavy atom. The van der Waals surface area contributed by atoms with Crippen LogP contribution in [-0.2, 0) is 20.9 Å². The molecule has 2 aliphatic rings. The molecule has 2 aromatic rings. The van der Waals surface area contributed by atoms with E-state index >= 15 is 0 Å². The van der Waals surface area contributed by atoms with Gasteiger partial charge in [-0.3, -0.25) is 14.4 Å². The van der Waals surface area contributed by atoms with Crippen molar-refractivity contribution in [1.82, 2.24) is 19.4 Å². The standard InChI is InChI=1S/C23H29N5O4/c29-21(6-9-26-10-7-24-17-26)25-20-5-1-3-18(15-20)22(30)28-8-2-4-19(16-28)23(31)27-11-13-32-14-12-27/h1,3,5,7,10,15,17,19H,2,4,6,8-9,11-14,16H2,(H,25,29). The highest BCUT2D eigenvalue weighted by Gasteiger charge is 2.32. The molecule has 1 unspecified atom stereocenters. The van der Waals surface area contributed by atoms with Crippen molar-refractivity contribution in [2.75, 3.05) is 44.7 Å². The highest BCUT2D eigenvalue weighted by Crippen LogP contribution is 2.22. The summed E-state index contributed by atoms with van der Waals surface area (Å²) in [5.74, 6) is -0.294. The Morgan fingerprint density at radius 2 is 1.97 bits per heavy atom. The molecule has 1 aromatic heterocycles. The molecular formula is C23H29N5O4. The molecule has 1 aromatic carbocycles. The second kappa shape index (κ2) is 10.4. The van der Waals surface area contributed by atoms with Gasteiger partial charge in [-0.1, -0.05) is 6.07 Å². The number of imidazole rings is 1. The van der Waals surface area contributed by atoms with Crippen molar-refractivity contribution in [2.45, 2.75) is 25.8 Å². The molecule has 9 nitrogen and oxygen atoms in total. The summed E-state index contributed by atoms with van der Waals surface area (Å²) in [7, 11) is 0. The molecule has 2 aliphatic heterocycles. The lowest BCUT2D eigenvalue weighted by Gasteiger charge is -2.36. The van der Waals surface area contributed by atoms with E-state index in [-0.39, 0.29) is 23.6 Å². The number of nitrogens with zero attached hydrogens (tertiary/aromatic N) is 4. The Balaban J connectivity index is 1.34. The van der Waals surface area contributed by atoms with Crippen molar-refractivity contribution in [2.24, 2.45) is 5.92 Å². The lowest BCUT2D eigenvalue weighted by Crippen LogP contribution is -2.49. The van der Waals surface area contributed by atoms with Crippen LogP contribution >= 0.6 is 0 Å². The third-order valence-corrected chi connectivity index (χ3v) is 5.93. The number of morpholine rings is 1. The maximum Gasteiger partial charge on any atom is 0.253 e. The maximum atomic E-state index is 13.1. The molecule has 2 fully saturated rings. The highest BCUT2D eigenvalue weighted by atomic mass is 16.5. The Labute approximate surface area is 187 Å². The number of hydrogen-bond acceptors (Lipinski definition) is 5. The van der Waals surface area contributed by atoms with Crippen LogP contribution in [0.1, 0.15) is 29.6 Å². The van der Waals surface area contributed by atoms with Crippen LogP contribution in [0.3, 0.4) is 0 Å². The van der Waals surface area contributed by atoms with Gasteiger partial charge < -0.3 is 24.4 Å². The van der Waals surface area contributed by atoms with Gasteiger partial charge in [0.25, 0.3) is 5.91 Å². The second-order valence-electron chi connectivity index (χ2n) is 8.21. The summed E-state index contributed by atoms with van der Waals surface area (Å²) >= 11 is 0. The number of carbonyl (C=O) groups is 3. The smallest absolute Gasteiger partial charge is 0.253 e. The number of amides is 3. The summed E-state index contributed by atoms with van der Waals surface area (Å²) in [5, 5.41) is 2.86. The molecule has 170 valence electrons. The lowest BCUT2D eigenvalue weighted by atomic mass is 9.95. The predicted molar refractivity (Wildman–Crippen MR) is 118 cm³/mol. The molecular weight excluding hydrogens is 410 g/mol. The van der Waals surface area contributed by atoms with E-state index in [9.17, 15) is 14.4 Å². The summed E-state index contributed by atoms with van der Waals surface area (Å²) < 4.78 is 7.17. The van der Waals surface area contributed by atoms with Gasteiger partial charge in [0, 0.05) is 62.8 Å². The van der Waals surface area contributed by atoms with Gasteiger partial charge in [0.1, 0.15) is 0 Å². The van der Waals surface area contributed by atoms with Gasteiger partial charge in [0.15, 0.2) is 0 Å². The van der Waals surface area contributed by atoms with Crippen LogP contribution in [0.15, 0.2) is 43.0 Å². The van der Waals surface area contributed by atoms with E-state index in [4.69, 9.17) is 4.74 Å². The van der Waals surface area contributed by atoms with Gasteiger partial charge >= 0.3 is 0 Å². The van der Waals surface area contributed by atoms with Gasteiger partial charge in [-0.2, -0.15) is 0 Å². The van der Waals surface area contributed by atoms with Crippen LogP contribution in [0.2, 0.25) is 0 Å². The fraction of sp³-hybridized carbons (Fsp3) is 0.478. The first-order chi connectivity index (χ1) is 15.6. The van der Waals surface area contributed by atoms with Crippen LogP contribution < -0.4 is 5.32 Å². The normalized spacial score (nSPS) is 18.9. The Hall–Kier alpha value is -3.20. The zero-order valence-electron chi connectivity index (χ0n) is 18.1. The molecule has 0 saturated carbocycles. The summed E-state index contributed by atoms with van der Waals surface area (Å²) in [6.07, 6.45) is 7.06. The number of aromatic nitrogens is 2. The van der Waals surface area contributed by atoms with Crippen molar-refractivity contribution < 1.29 is 19.1 Å². The van der Waals surface area contributed by atoms with Gasteiger partial charge in [0.2, 0.25) is 11.8 Å². The number of carbonyl (C=O) groups excluding carboxylic acids is 3. The van der Waals surface area contributed by atoms with E-state index in [2.05, 4.69) is 10.3 Å². The van der Waals surface area contributed by atoms with E-state index < -0.39 is 0 Å². The SMILES string of the molecule is O=C(CCn1ccnc1)Nc1cccc(C(=O)N2CCCC(C(=O)N3CCOCC3)C2)c1. The van der Waals surface area contributed by atoms with Crippen LogP contribution in [0.25, 0.3) is 0 Å². The first kappa shape index (κ1) is 22.0. The second-order valence-corrected chi connectivity index (χ2v) is 8.21. The number of aryl methyl sites for hydroxylation is 1. The molecule has 3 heterocycles. The molecule has 32 heavy (non-hydrogen) atoms. The number of nitrogens with one attached hydrogen (secondary N) is 1. The third-order valence-electron chi connectivity index (χ3n) is 5.93. The summed E-state index contributed by atoms with van der Waals surface area (Å²) in [4.78, 5) is 45.8.